The van der Waals surface area contributed by atoms with E-state index >= 15 is 0 Å². The van der Waals surface area contributed by atoms with Gasteiger partial charge < -0.3 is 13.6 Å². The Labute approximate surface area is 187 Å². The van der Waals surface area contributed by atoms with Gasteiger partial charge in [0.15, 0.2) is 5.76 Å². The number of fused-ring (bicyclic) bond motifs is 2. The van der Waals surface area contributed by atoms with Gasteiger partial charge in [0.25, 0.3) is 0 Å². The molecule has 158 valence electrons. The van der Waals surface area contributed by atoms with Gasteiger partial charge in [0.1, 0.15) is 11.2 Å². The van der Waals surface area contributed by atoms with Crippen LogP contribution in [0.25, 0.3) is 33.3 Å². The summed E-state index contributed by atoms with van der Waals surface area (Å²) in [5, 5.41) is 1.46. The molecule has 0 saturated carbocycles. The van der Waals surface area contributed by atoms with E-state index in [0.29, 0.717) is 27.1 Å². The van der Waals surface area contributed by atoms with Crippen LogP contribution in [-0.4, -0.2) is 5.97 Å². The second kappa shape index (κ2) is 7.70. The number of carbonyl (C=O) groups excluding carboxylic acids is 1. The van der Waals surface area contributed by atoms with Crippen LogP contribution in [0, 0.1) is 13.8 Å². The van der Waals surface area contributed by atoms with Crippen molar-refractivity contribution in [2.45, 2.75) is 13.8 Å². The molecular formula is C26H17ClO5. The molecule has 0 atom stereocenters. The van der Waals surface area contributed by atoms with Gasteiger partial charge in [-0.2, -0.15) is 0 Å². The largest absolute Gasteiger partial charge is 0.452 e. The van der Waals surface area contributed by atoms with Crippen LogP contribution in [0.1, 0.15) is 21.7 Å². The van der Waals surface area contributed by atoms with Crippen LogP contribution in [0.2, 0.25) is 5.02 Å². The molecule has 0 aliphatic heterocycles. The van der Waals surface area contributed by atoms with E-state index in [-0.39, 0.29) is 17.3 Å². The normalized spacial score (nSPS) is 11.2. The van der Waals surface area contributed by atoms with E-state index < -0.39 is 11.4 Å². The summed E-state index contributed by atoms with van der Waals surface area (Å²) in [6.45, 7) is 3.73. The first kappa shape index (κ1) is 20.1. The number of aryl methyl sites for hydroxylation is 2. The van der Waals surface area contributed by atoms with Crippen molar-refractivity contribution in [1.29, 1.82) is 0 Å². The highest BCUT2D eigenvalue weighted by Gasteiger charge is 2.25. The number of hydrogen-bond donors (Lipinski definition) is 0. The van der Waals surface area contributed by atoms with E-state index in [4.69, 9.17) is 25.2 Å². The molecular weight excluding hydrogens is 428 g/mol. The first-order chi connectivity index (χ1) is 15.4. The third kappa shape index (κ3) is 3.37. The number of ether oxygens (including phenoxy) is 1. The molecule has 0 fully saturated rings. The maximum atomic E-state index is 13.5. The van der Waals surface area contributed by atoms with Crippen molar-refractivity contribution >= 4 is 39.5 Å². The quantitative estimate of drug-likeness (QED) is 0.290. The molecule has 0 bridgehead atoms. The Morgan fingerprint density at radius 2 is 1.66 bits per heavy atom. The lowest BCUT2D eigenvalue weighted by Crippen LogP contribution is -2.16. The molecule has 0 unspecified atom stereocenters. The fourth-order valence-corrected chi connectivity index (χ4v) is 4.04. The number of rotatable bonds is 3. The van der Waals surface area contributed by atoms with Crippen LogP contribution >= 0.6 is 11.6 Å². The van der Waals surface area contributed by atoms with Gasteiger partial charge in [-0.1, -0.05) is 48.0 Å². The molecule has 2 heterocycles. The molecule has 2 aromatic heterocycles. The summed E-state index contributed by atoms with van der Waals surface area (Å²) >= 11 is 6.38. The van der Waals surface area contributed by atoms with Crippen LogP contribution in [-0.2, 0) is 0 Å². The topological polar surface area (TPSA) is 69.7 Å². The van der Waals surface area contributed by atoms with Crippen molar-refractivity contribution in [1.82, 2.24) is 0 Å². The lowest BCUT2D eigenvalue weighted by molar-refractivity contribution is 0.0700. The summed E-state index contributed by atoms with van der Waals surface area (Å²) in [4.78, 5) is 26.4. The molecule has 0 N–H and O–H groups in total. The molecule has 32 heavy (non-hydrogen) atoms. The highest BCUT2D eigenvalue weighted by molar-refractivity contribution is 6.33. The van der Waals surface area contributed by atoms with Gasteiger partial charge in [0.2, 0.25) is 16.9 Å². The Bertz CT molecular complexity index is 1540. The van der Waals surface area contributed by atoms with Crippen molar-refractivity contribution < 1.29 is 18.4 Å². The van der Waals surface area contributed by atoms with Gasteiger partial charge in [0.05, 0.1) is 10.4 Å². The van der Waals surface area contributed by atoms with Crippen LogP contribution < -0.4 is 10.2 Å². The fraction of sp³-hybridized carbons (Fsp3) is 0.0769. The molecule has 0 aliphatic rings. The maximum absolute atomic E-state index is 13.5. The summed E-state index contributed by atoms with van der Waals surface area (Å²) in [7, 11) is 0. The second-order valence-electron chi connectivity index (χ2n) is 7.56. The first-order valence-electron chi connectivity index (χ1n) is 9.96. The summed E-state index contributed by atoms with van der Waals surface area (Å²) in [5.41, 5.74) is 2.59. The molecule has 5 nitrogen and oxygen atoms in total. The van der Waals surface area contributed by atoms with Crippen molar-refractivity contribution in [3.05, 3.63) is 98.9 Å². The monoisotopic (exact) mass is 444 g/mol. The van der Waals surface area contributed by atoms with Crippen LogP contribution in [0.3, 0.4) is 0 Å². The average Bonchev–Trinajstić information content (AvgIpc) is 3.20. The Morgan fingerprint density at radius 1 is 0.906 bits per heavy atom. The zero-order valence-electron chi connectivity index (χ0n) is 17.3. The highest BCUT2D eigenvalue weighted by atomic mass is 35.5. The molecule has 3 aromatic carbocycles. The third-order valence-corrected chi connectivity index (χ3v) is 5.56. The fourth-order valence-electron chi connectivity index (χ4n) is 3.81. The van der Waals surface area contributed by atoms with Crippen molar-refractivity contribution in [2.24, 2.45) is 0 Å². The molecule has 5 aromatic rings. The standard InChI is InChI=1S/C26H17ClO5/c1-14-11-15(2)22-20(12-14)31-24(17-8-4-5-9-18(17)27)25(23(22)28)32-26(29)21-13-16-7-3-6-10-19(16)30-21/h3-13H,1-2H3. The predicted molar refractivity (Wildman–Crippen MR) is 124 cm³/mol. The number of carbonyl (C=O) groups is 1. The van der Waals surface area contributed by atoms with Gasteiger partial charge in [-0.05, 0) is 55.3 Å². The lowest BCUT2D eigenvalue weighted by atomic mass is 10.0. The lowest BCUT2D eigenvalue weighted by Gasteiger charge is -2.12. The Morgan fingerprint density at radius 3 is 2.44 bits per heavy atom. The summed E-state index contributed by atoms with van der Waals surface area (Å²) in [6, 6.07) is 19.3. The summed E-state index contributed by atoms with van der Waals surface area (Å²) in [5.74, 6) is -0.965. The molecule has 6 heteroatoms. The number of furan rings is 1. The van der Waals surface area contributed by atoms with E-state index in [2.05, 4.69) is 0 Å². The third-order valence-electron chi connectivity index (χ3n) is 5.24. The van der Waals surface area contributed by atoms with Crippen molar-refractivity contribution in [3.63, 3.8) is 0 Å². The smallest absolute Gasteiger partial charge is 0.379 e. The second-order valence-corrected chi connectivity index (χ2v) is 7.97. The van der Waals surface area contributed by atoms with Gasteiger partial charge in [0, 0.05) is 10.9 Å². The minimum Gasteiger partial charge on any atom is -0.452 e. The van der Waals surface area contributed by atoms with E-state index in [1.807, 2.05) is 32.0 Å². The van der Waals surface area contributed by atoms with E-state index in [1.54, 1.807) is 48.5 Å². The van der Waals surface area contributed by atoms with Crippen molar-refractivity contribution in [3.8, 4) is 17.1 Å². The predicted octanol–water partition coefficient (Wildman–Crippen LogP) is 6.70. The Hall–Kier alpha value is -3.83. The maximum Gasteiger partial charge on any atom is 0.379 e. The van der Waals surface area contributed by atoms with Gasteiger partial charge >= 0.3 is 5.97 Å². The minimum absolute atomic E-state index is 0.0172. The van der Waals surface area contributed by atoms with Gasteiger partial charge in [-0.25, -0.2) is 4.79 Å². The first-order valence-corrected chi connectivity index (χ1v) is 10.3. The highest BCUT2D eigenvalue weighted by Crippen LogP contribution is 2.36. The molecule has 0 saturated heterocycles. The van der Waals surface area contributed by atoms with E-state index in [1.165, 1.54) is 0 Å². The van der Waals surface area contributed by atoms with E-state index in [9.17, 15) is 9.59 Å². The number of halogens is 1. The van der Waals surface area contributed by atoms with Crippen LogP contribution in [0.5, 0.6) is 5.75 Å². The molecule has 0 aliphatic carbocycles. The molecule has 0 radical (unpaired) electrons. The molecule has 0 spiro atoms. The number of esters is 1. The number of benzene rings is 3. The zero-order valence-corrected chi connectivity index (χ0v) is 18.0. The minimum atomic E-state index is -0.800. The van der Waals surface area contributed by atoms with Gasteiger partial charge in [-0.3, -0.25) is 4.79 Å². The molecule has 5 rings (SSSR count). The number of hydrogen-bond acceptors (Lipinski definition) is 5. The van der Waals surface area contributed by atoms with Crippen molar-refractivity contribution in [2.75, 3.05) is 0 Å². The average molecular weight is 445 g/mol. The van der Waals surface area contributed by atoms with E-state index in [0.717, 1.165) is 16.5 Å². The summed E-state index contributed by atoms with van der Waals surface area (Å²) < 4.78 is 17.3. The Balaban J connectivity index is 1.72. The SMILES string of the molecule is Cc1cc(C)c2c(=O)c(OC(=O)c3cc4ccccc4o3)c(-c3ccccc3Cl)oc2c1. The van der Waals surface area contributed by atoms with Gasteiger partial charge in [-0.15, -0.1) is 0 Å². The van der Waals surface area contributed by atoms with Crippen LogP contribution in [0.15, 0.2) is 80.4 Å². The van der Waals surface area contributed by atoms with Crippen LogP contribution in [0.4, 0.5) is 0 Å². The Kier molecular flexibility index (Phi) is 4.83. The zero-order chi connectivity index (χ0) is 22.4. The number of para-hydroxylation sites is 1. The molecule has 0 amide bonds. The summed E-state index contributed by atoms with van der Waals surface area (Å²) in [6.07, 6.45) is 0.